The third kappa shape index (κ3) is 1.17. The number of amides is 1. The normalized spacial score (nSPS) is 10.4. The number of furan rings is 1. The highest BCUT2D eigenvalue weighted by atomic mass is 16.5. The predicted octanol–water partition coefficient (Wildman–Crippen LogP) is 0.330. The molecule has 2 aromatic heterocycles. The van der Waals surface area contributed by atoms with E-state index in [0.717, 1.165) is 0 Å². The molecule has 0 atom stereocenters. The zero-order valence-electron chi connectivity index (χ0n) is 7.35. The van der Waals surface area contributed by atoms with Crippen LogP contribution >= 0.6 is 0 Å². The molecule has 2 N–H and O–H groups in total. The summed E-state index contributed by atoms with van der Waals surface area (Å²) in [7, 11) is 1.45. The second kappa shape index (κ2) is 2.99. The molecule has 0 unspecified atom stereocenters. The Labute approximate surface area is 78.7 Å². The molecule has 0 fully saturated rings. The van der Waals surface area contributed by atoms with Gasteiger partial charge in [0.2, 0.25) is 5.58 Å². The number of carbonyl (C=O) groups excluding carboxylic acids is 1. The second-order valence-electron chi connectivity index (χ2n) is 2.57. The van der Waals surface area contributed by atoms with Crippen LogP contribution in [0, 0.1) is 0 Å². The van der Waals surface area contributed by atoms with Gasteiger partial charge in [-0.1, -0.05) is 0 Å². The van der Waals surface area contributed by atoms with Gasteiger partial charge in [-0.25, -0.2) is 4.98 Å². The van der Waals surface area contributed by atoms with Crippen molar-refractivity contribution in [3.05, 3.63) is 18.2 Å². The third-order valence-corrected chi connectivity index (χ3v) is 1.71. The van der Waals surface area contributed by atoms with Gasteiger partial charge in [0.05, 0.1) is 7.11 Å². The maximum Gasteiger partial charge on any atom is 0.284 e. The first-order valence-electron chi connectivity index (χ1n) is 3.80. The molecule has 0 saturated heterocycles. The Kier molecular flexibility index (Phi) is 1.81. The first-order chi connectivity index (χ1) is 6.72. The molecule has 2 heterocycles. The lowest BCUT2D eigenvalue weighted by Gasteiger charge is -1.95. The molecule has 72 valence electrons. The van der Waals surface area contributed by atoms with Gasteiger partial charge >= 0.3 is 0 Å². The Morgan fingerprint density at radius 3 is 3.00 bits per heavy atom. The van der Waals surface area contributed by atoms with Gasteiger partial charge in [0.15, 0.2) is 5.76 Å². The van der Waals surface area contributed by atoms with E-state index >= 15 is 0 Å². The molecule has 2 aromatic rings. The molecule has 0 radical (unpaired) electrons. The van der Waals surface area contributed by atoms with Crippen LogP contribution in [-0.2, 0) is 0 Å². The summed E-state index contributed by atoms with van der Waals surface area (Å²) in [5, 5.41) is 0. The number of ether oxygens (including phenoxy) is 1. The van der Waals surface area contributed by atoms with Crippen LogP contribution in [0.2, 0.25) is 0 Å². The van der Waals surface area contributed by atoms with Gasteiger partial charge in [-0.05, 0) is 0 Å². The SMILES string of the molecule is COc1ncnc2cc(C(N)=O)oc12. The van der Waals surface area contributed by atoms with Gasteiger partial charge in [-0.2, -0.15) is 4.98 Å². The van der Waals surface area contributed by atoms with E-state index in [9.17, 15) is 4.79 Å². The Bertz CT molecular complexity index is 492. The van der Waals surface area contributed by atoms with Crippen LogP contribution in [0.4, 0.5) is 0 Å². The van der Waals surface area contributed by atoms with Gasteiger partial charge < -0.3 is 14.9 Å². The fourth-order valence-corrected chi connectivity index (χ4v) is 1.10. The number of hydrogen-bond donors (Lipinski definition) is 1. The van der Waals surface area contributed by atoms with Crippen molar-refractivity contribution in [2.45, 2.75) is 0 Å². The van der Waals surface area contributed by atoms with E-state index in [1.54, 1.807) is 0 Å². The molecular formula is C8H7N3O3. The summed E-state index contributed by atoms with van der Waals surface area (Å²) < 4.78 is 10.1. The van der Waals surface area contributed by atoms with Gasteiger partial charge in [0.25, 0.3) is 11.8 Å². The van der Waals surface area contributed by atoms with E-state index in [-0.39, 0.29) is 11.6 Å². The van der Waals surface area contributed by atoms with E-state index in [4.69, 9.17) is 14.9 Å². The summed E-state index contributed by atoms with van der Waals surface area (Å²) in [6, 6.07) is 1.45. The summed E-state index contributed by atoms with van der Waals surface area (Å²) in [4.78, 5) is 18.5. The highest BCUT2D eigenvalue weighted by molar-refractivity contribution is 5.94. The quantitative estimate of drug-likeness (QED) is 0.742. The summed E-state index contributed by atoms with van der Waals surface area (Å²) in [6.45, 7) is 0. The van der Waals surface area contributed by atoms with Crippen LogP contribution in [0.25, 0.3) is 11.1 Å². The largest absolute Gasteiger partial charge is 0.478 e. The third-order valence-electron chi connectivity index (χ3n) is 1.71. The lowest BCUT2D eigenvalue weighted by atomic mass is 10.4. The minimum Gasteiger partial charge on any atom is -0.478 e. The van der Waals surface area contributed by atoms with Crippen LogP contribution < -0.4 is 10.5 Å². The standard InChI is InChI=1S/C8H7N3O3/c1-13-8-6-4(10-3-11-8)2-5(14-6)7(9)12/h2-3H,1H3,(H2,9,12). The number of nitrogens with two attached hydrogens (primary N) is 1. The maximum atomic E-state index is 10.8. The van der Waals surface area contributed by atoms with Crippen molar-refractivity contribution in [2.24, 2.45) is 5.73 Å². The van der Waals surface area contributed by atoms with Gasteiger partial charge in [0, 0.05) is 6.07 Å². The van der Waals surface area contributed by atoms with E-state index in [0.29, 0.717) is 11.1 Å². The summed E-state index contributed by atoms with van der Waals surface area (Å²) in [5.41, 5.74) is 5.86. The summed E-state index contributed by atoms with van der Waals surface area (Å²) in [6.07, 6.45) is 1.32. The summed E-state index contributed by atoms with van der Waals surface area (Å²) >= 11 is 0. The molecule has 6 nitrogen and oxygen atoms in total. The molecular weight excluding hydrogens is 186 g/mol. The van der Waals surface area contributed by atoms with Crippen molar-refractivity contribution >= 4 is 17.0 Å². The molecule has 14 heavy (non-hydrogen) atoms. The van der Waals surface area contributed by atoms with E-state index in [2.05, 4.69) is 9.97 Å². The van der Waals surface area contributed by atoms with Gasteiger partial charge in [-0.3, -0.25) is 4.79 Å². The van der Waals surface area contributed by atoms with Crippen LogP contribution in [-0.4, -0.2) is 23.0 Å². The number of hydrogen-bond acceptors (Lipinski definition) is 5. The molecule has 0 aliphatic heterocycles. The number of nitrogens with zero attached hydrogens (tertiary/aromatic N) is 2. The Morgan fingerprint density at radius 1 is 1.57 bits per heavy atom. The fraction of sp³-hybridized carbons (Fsp3) is 0.125. The first-order valence-corrected chi connectivity index (χ1v) is 3.80. The Morgan fingerprint density at radius 2 is 2.36 bits per heavy atom. The number of rotatable bonds is 2. The van der Waals surface area contributed by atoms with Crippen LogP contribution in [0.3, 0.4) is 0 Å². The smallest absolute Gasteiger partial charge is 0.284 e. The highest BCUT2D eigenvalue weighted by Crippen LogP contribution is 2.23. The van der Waals surface area contributed by atoms with Crippen LogP contribution in [0.5, 0.6) is 5.88 Å². The zero-order valence-corrected chi connectivity index (χ0v) is 7.35. The van der Waals surface area contributed by atoms with Crippen molar-refractivity contribution < 1.29 is 13.9 Å². The Balaban J connectivity index is 2.70. The Hall–Kier alpha value is -2.11. The number of carbonyl (C=O) groups is 1. The van der Waals surface area contributed by atoms with Gasteiger partial charge in [-0.15, -0.1) is 0 Å². The highest BCUT2D eigenvalue weighted by Gasteiger charge is 2.13. The average molecular weight is 193 g/mol. The first kappa shape index (κ1) is 8.49. The molecule has 0 aliphatic carbocycles. The van der Waals surface area contributed by atoms with E-state index in [1.165, 1.54) is 19.5 Å². The minimum atomic E-state index is -0.648. The summed E-state index contributed by atoms with van der Waals surface area (Å²) in [5.74, 6) is -0.327. The molecule has 2 rings (SSSR count). The number of fused-ring (bicyclic) bond motifs is 1. The molecule has 0 aromatic carbocycles. The van der Waals surface area contributed by atoms with Crippen molar-refractivity contribution in [3.8, 4) is 5.88 Å². The fourth-order valence-electron chi connectivity index (χ4n) is 1.10. The van der Waals surface area contributed by atoms with Gasteiger partial charge in [0.1, 0.15) is 11.8 Å². The molecule has 0 spiro atoms. The predicted molar refractivity (Wildman–Crippen MR) is 46.9 cm³/mol. The number of aromatic nitrogens is 2. The van der Waals surface area contributed by atoms with E-state index < -0.39 is 5.91 Å². The van der Waals surface area contributed by atoms with Crippen molar-refractivity contribution in [1.29, 1.82) is 0 Å². The lowest BCUT2D eigenvalue weighted by molar-refractivity contribution is 0.0976. The molecule has 0 bridgehead atoms. The number of primary amides is 1. The average Bonchev–Trinajstić information content (AvgIpc) is 2.60. The minimum absolute atomic E-state index is 0.0406. The maximum absolute atomic E-state index is 10.8. The second-order valence-corrected chi connectivity index (χ2v) is 2.57. The zero-order chi connectivity index (χ0) is 10.1. The monoisotopic (exact) mass is 193 g/mol. The van der Waals surface area contributed by atoms with E-state index in [1.807, 2.05) is 0 Å². The van der Waals surface area contributed by atoms with Crippen molar-refractivity contribution in [2.75, 3.05) is 7.11 Å². The number of methoxy groups -OCH3 is 1. The van der Waals surface area contributed by atoms with Crippen molar-refractivity contribution in [3.63, 3.8) is 0 Å². The molecule has 0 aliphatic rings. The van der Waals surface area contributed by atoms with Crippen LogP contribution in [0.15, 0.2) is 16.8 Å². The topological polar surface area (TPSA) is 91.2 Å². The molecule has 0 saturated carbocycles. The van der Waals surface area contributed by atoms with Crippen molar-refractivity contribution in [1.82, 2.24) is 9.97 Å². The van der Waals surface area contributed by atoms with Crippen LogP contribution in [0.1, 0.15) is 10.6 Å². The molecule has 1 amide bonds. The molecule has 6 heteroatoms. The lowest BCUT2D eigenvalue weighted by Crippen LogP contribution is -2.09.